The highest BCUT2D eigenvalue weighted by molar-refractivity contribution is 14.0. The maximum atomic E-state index is 4.43. The molecule has 0 saturated heterocycles. The van der Waals surface area contributed by atoms with Crippen molar-refractivity contribution >= 4 is 41.3 Å². The van der Waals surface area contributed by atoms with E-state index in [4.69, 9.17) is 0 Å². The van der Waals surface area contributed by atoms with E-state index in [-0.39, 0.29) is 24.0 Å². The van der Waals surface area contributed by atoms with Crippen LogP contribution >= 0.6 is 35.3 Å². The van der Waals surface area contributed by atoms with Crippen LogP contribution in [-0.2, 0) is 26.1 Å². The molecule has 5 nitrogen and oxygen atoms in total. The van der Waals surface area contributed by atoms with Gasteiger partial charge in [0, 0.05) is 31.2 Å². The second-order valence-electron chi connectivity index (χ2n) is 5.86. The van der Waals surface area contributed by atoms with Crippen LogP contribution in [0.5, 0.6) is 0 Å². The summed E-state index contributed by atoms with van der Waals surface area (Å²) in [4.78, 5) is 12.2. The lowest BCUT2D eigenvalue weighted by Gasteiger charge is -2.16. The van der Waals surface area contributed by atoms with E-state index in [0.717, 1.165) is 30.5 Å². The number of nitrogens with zero attached hydrogens (tertiary/aromatic N) is 3. The Kier molecular flexibility index (Phi) is 9.99. The predicted octanol–water partition coefficient (Wildman–Crippen LogP) is 3.25. The van der Waals surface area contributed by atoms with Crippen molar-refractivity contribution in [3.05, 3.63) is 51.5 Å². The number of rotatable bonds is 7. The first-order valence-corrected chi connectivity index (χ1v) is 9.03. The fourth-order valence-corrected chi connectivity index (χ4v) is 3.18. The molecule has 1 aromatic heterocycles. The molecule has 2 N–H and O–H groups in total. The van der Waals surface area contributed by atoms with Gasteiger partial charge in [0.15, 0.2) is 5.96 Å². The van der Waals surface area contributed by atoms with E-state index >= 15 is 0 Å². The highest BCUT2D eigenvalue weighted by Gasteiger charge is 2.06. The van der Waals surface area contributed by atoms with Crippen LogP contribution in [0.1, 0.15) is 27.9 Å². The third-order valence-corrected chi connectivity index (χ3v) is 4.77. The third kappa shape index (κ3) is 7.29. The molecule has 1 heterocycles. The largest absolute Gasteiger partial charge is 0.352 e. The first-order valence-electron chi connectivity index (χ1n) is 8.22. The van der Waals surface area contributed by atoms with Crippen LogP contribution < -0.4 is 10.6 Å². The number of aliphatic imine (C=N–C) groups is 1. The summed E-state index contributed by atoms with van der Waals surface area (Å²) in [5, 5.41) is 7.80. The molecule has 0 fully saturated rings. The molecular weight excluding hydrogens is 445 g/mol. The minimum Gasteiger partial charge on any atom is -0.352 e. The van der Waals surface area contributed by atoms with Gasteiger partial charge >= 0.3 is 0 Å². The molecule has 0 radical (unpaired) electrons. The van der Waals surface area contributed by atoms with E-state index in [0.29, 0.717) is 6.54 Å². The Balaban J connectivity index is 0.00000312. The number of benzene rings is 1. The Bertz CT molecular complexity index is 669. The summed E-state index contributed by atoms with van der Waals surface area (Å²) in [6.07, 6.45) is 2.99. The van der Waals surface area contributed by atoms with Crippen LogP contribution in [0.2, 0.25) is 0 Å². The number of hydrogen-bond donors (Lipinski definition) is 2. The average Bonchev–Trinajstić information content (AvgIpc) is 3.04. The van der Waals surface area contributed by atoms with E-state index in [9.17, 15) is 0 Å². The Hall–Kier alpha value is -1.19. The first kappa shape index (κ1) is 21.9. The number of guanidine groups is 1. The molecule has 1 aromatic carbocycles. The van der Waals surface area contributed by atoms with Crippen LogP contribution in [-0.4, -0.2) is 37.0 Å². The lowest BCUT2D eigenvalue weighted by atomic mass is 10.1. The zero-order valence-electron chi connectivity index (χ0n) is 15.4. The summed E-state index contributed by atoms with van der Waals surface area (Å²) in [5.74, 6) is 0.794. The van der Waals surface area contributed by atoms with Crippen LogP contribution in [0, 0.1) is 0 Å². The van der Waals surface area contributed by atoms with E-state index in [2.05, 4.69) is 70.8 Å². The van der Waals surface area contributed by atoms with Crippen molar-refractivity contribution in [1.29, 1.82) is 0 Å². The summed E-state index contributed by atoms with van der Waals surface area (Å²) in [5.41, 5.74) is 2.62. The minimum absolute atomic E-state index is 0. The van der Waals surface area contributed by atoms with Gasteiger partial charge in [0.1, 0.15) is 5.01 Å². The Labute approximate surface area is 172 Å². The Morgan fingerprint density at radius 3 is 2.44 bits per heavy atom. The van der Waals surface area contributed by atoms with Gasteiger partial charge in [0.25, 0.3) is 0 Å². The van der Waals surface area contributed by atoms with E-state index < -0.39 is 0 Å². The van der Waals surface area contributed by atoms with Crippen molar-refractivity contribution in [2.45, 2.75) is 33.0 Å². The molecule has 0 bridgehead atoms. The molecule has 7 heteroatoms. The van der Waals surface area contributed by atoms with Crippen molar-refractivity contribution in [2.75, 3.05) is 21.1 Å². The Morgan fingerprint density at radius 2 is 1.84 bits per heavy atom. The highest BCUT2D eigenvalue weighted by atomic mass is 127. The zero-order chi connectivity index (χ0) is 17.4. The Morgan fingerprint density at radius 1 is 1.16 bits per heavy atom. The molecule has 0 unspecified atom stereocenters. The van der Waals surface area contributed by atoms with Crippen molar-refractivity contribution in [3.8, 4) is 0 Å². The fraction of sp³-hybridized carbons (Fsp3) is 0.444. The molecule has 0 aliphatic rings. The SMILES string of the molecule is CCc1cnc(CNC(=NC)NCc2ccccc2CN(C)C)s1.I. The predicted molar refractivity (Wildman–Crippen MR) is 118 cm³/mol. The van der Waals surface area contributed by atoms with Gasteiger partial charge in [0.2, 0.25) is 0 Å². The molecule has 2 rings (SSSR count). The van der Waals surface area contributed by atoms with Gasteiger partial charge in [0.05, 0.1) is 6.54 Å². The number of halogens is 1. The van der Waals surface area contributed by atoms with Crippen molar-refractivity contribution in [1.82, 2.24) is 20.5 Å². The molecule has 0 spiro atoms. The molecule has 25 heavy (non-hydrogen) atoms. The maximum Gasteiger partial charge on any atom is 0.191 e. The highest BCUT2D eigenvalue weighted by Crippen LogP contribution is 2.13. The van der Waals surface area contributed by atoms with E-state index in [1.165, 1.54) is 16.0 Å². The van der Waals surface area contributed by atoms with Crippen LogP contribution in [0.25, 0.3) is 0 Å². The monoisotopic (exact) mass is 473 g/mol. The molecular formula is C18H28IN5S. The summed E-state index contributed by atoms with van der Waals surface area (Å²) >= 11 is 1.75. The molecule has 2 aromatic rings. The van der Waals surface area contributed by atoms with Gasteiger partial charge in [-0.05, 0) is 31.6 Å². The third-order valence-electron chi connectivity index (χ3n) is 3.63. The average molecular weight is 473 g/mol. The standard InChI is InChI=1S/C18H27N5S.HI/c1-5-16-11-20-17(24-16)12-22-18(19-2)21-10-14-8-6-7-9-15(14)13-23(3)4;/h6-9,11H,5,10,12-13H2,1-4H3,(H2,19,21,22);1H. The summed E-state index contributed by atoms with van der Waals surface area (Å²) in [6.45, 7) is 4.53. The van der Waals surface area contributed by atoms with Gasteiger partial charge < -0.3 is 15.5 Å². The van der Waals surface area contributed by atoms with Crippen LogP contribution in [0.15, 0.2) is 35.5 Å². The fourth-order valence-electron chi connectivity index (χ4n) is 2.38. The topological polar surface area (TPSA) is 52.6 Å². The first-order chi connectivity index (χ1) is 11.6. The number of aryl methyl sites for hydroxylation is 1. The van der Waals surface area contributed by atoms with Gasteiger partial charge in [-0.3, -0.25) is 4.99 Å². The minimum atomic E-state index is 0. The van der Waals surface area contributed by atoms with Gasteiger partial charge in [-0.1, -0.05) is 31.2 Å². The quantitative estimate of drug-likeness (QED) is 0.369. The van der Waals surface area contributed by atoms with E-state index in [1.807, 2.05) is 6.20 Å². The number of aromatic nitrogens is 1. The molecule has 138 valence electrons. The molecule has 0 aliphatic heterocycles. The smallest absolute Gasteiger partial charge is 0.191 e. The zero-order valence-corrected chi connectivity index (χ0v) is 18.5. The van der Waals surface area contributed by atoms with Gasteiger partial charge in [-0.15, -0.1) is 35.3 Å². The summed E-state index contributed by atoms with van der Waals surface area (Å²) in [6, 6.07) is 8.50. The van der Waals surface area contributed by atoms with Crippen molar-refractivity contribution < 1.29 is 0 Å². The lowest BCUT2D eigenvalue weighted by molar-refractivity contribution is 0.400. The van der Waals surface area contributed by atoms with Crippen molar-refractivity contribution in [2.24, 2.45) is 4.99 Å². The number of hydrogen-bond acceptors (Lipinski definition) is 4. The normalized spacial score (nSPS) is 11.3. The molecule has 0 aliphatic carbocycles. The van der Waals surface area contributed by atoms with Gasteiger partial charge in [-0.2, -0.15) is 0 Å². The lowest BCUT2D eigenvalue weighted by Crippen LogP contribution is -2.36. The summed E-state index contributed by atoms with van der Waals surface area (Å²) < 4.78 is 0. The van der Waals surface area contributed by atoms with Crippen LogP contribution in [0.3, 0.4) is 0 Å². The number of nitrogens with one attached hydrogen (secondary N) is 2. The summed E-state index contributed by atoms with van der Waals surface area (Å²) in [7, 11) is 5.97. The molecule has 0 saturated carbocycles. The number of thiazole rings is 1. The second kappa shape index (κ2) is 11.4. The van der Waals surface area contributed by atoms with E-state index in [1.54, 1.807) is 18.4 Å². The maximum absolute atomic E-state index is 4.43. The van der Waals surface area contributed by atoms with Gasteiger partial charge in [-0.25, -0.2) is 4.98 Å². The van der Waals surface area contributed by atoms with Crippen LogP contribution in [0.4, 0.5) is 0 Å². The molecule has 0 atom stereocenters. The molecule has 0 amide bonds. The van der Waals surface area contributed by atoms with Crippen molar-refractivity contribution in [3.63, 3.8) is 0 Å². The second-order valence-corrected chi connectivity index (χ2v) is 7.06.